The molecule has 0 aliphatic carbocycles. The van der Waals surface area contributed by atoms with E-state index in [1.165, 1.54) is 0 Å². The van der Waals surface area contributed by atoms with E-state index in [0.29, 0.717) is 17.6 Å². The van der Waals surface area contributed by atoms with Gasteiger partial charge in [-0.1, -0.05) is 18.2 Å². The molecular formula is C24H25NO4. The maximum atomic E-state index is 11.6. The van der Waals surface area contributed by atoms with E-state index < -0.39 is 0 Å². The molecule has 0 aromatic heterocycles. The molecule has 0 saturated carbocycles. The maximum absolute atomic E-state index is 11.6. The Bertz CT molecular complexity index is 1120. The first-order valence-corrected chi connectivity index (χ1v) is 9.76. The van der Waals surface area contributed by atoms with Gasteiger partial charge in [0.1, 0.15) is 17.2 Å². The van der Waals surface area contributed by atoms with Gasteiger partial charge in [-0.05, 0) is 73.0 Å². The second-order valence-electron chi connectivity index (χ2n) is 7.78. The average Bonchev–Trinajstić information content (AvgIpc) is 2.68. The fourth-order valence-corrected chi connectivity index (χ4v) is 4.78. The van der Waals surface area contributed by atoms with E-state index in [9.17, 15) is 15.0 Å². The Morgan fingerprint density at radius 2 is 1.90 bits per heavy atom. The molecule has 0 spiro atoms. The third kappa shape index (κ3) is 2.80. The number of benzene rings is 3. The lowest BCUT2D eigenvalue weighted by Gasteiger charge is -2.39. The lowest BCUT2D eigenvalue weighted by atomic mass is 9.81. The zero-order valence-corrected chi connectivity index (χ0v) is 17.1. The highest BCUT2D eigenvalue weighted by Crippen LogP contribution is 2.47. The summed E-state index contributed by atoms with van der Waals surface area (Å²) in [6, 6.07) is 10.8. The minimum absolute atomic E-state index is 0.0220. The molecule has 1 amide bonds. The highest BCUT2D eigenvalue weighted by Gasteiger charge is 2.33. The molecule has 2 N–H and O–H groups in total. The van der Waals surface area contributed by atoms with Crippen molar-refractivity contribution < 1.29 is 19.7 Å². The summed E-state index contributed by atoms with van der Waals surface area (Å²) >= 11 is 0. The van der Waals surface area contributed by atoms with E-state index in [0.717, 1.165) is 39.6 Å². The van der Waals surface area contributed by atoms with Gasteiger partial charge in [-0.2, -0.15) is 0 Å². The van der Waals surface area contributed by atoms with Crippen LogP contribution in [0.5, 0.6) is 17.2 Å². The Balaban J connectivity index is 2.07. The number of carbonyl (C=O) groups is 1. The summed E-state index contributed by atoms with van der Waals surface area (Å²) in [6.45, 7) is 5.98. The molecule has 5 nitrogen and oxygen atoms in total. The highest BCUT2D eigenvalue weighted by atomic mass is 16.5. The van der Waals surface area contributed by atoms with Crippen molar-refractivity contribution >= 4 is 17.2 Å². The molecule has 0 bridgehead atoms. The first kappa shape index (κ1) is 19.1. The van der Waals surface area contributed by atoms with Crippen molar-refractivity contribution in [1.29, 1.82) is 0 Å². The van der Waals surface area contributed by atoms with Crippen LogP contribution in [0.25, 0.3) is 21.9 Å². The van der Waals surface area contributed by atoms with Crippen molar-refractivity contribution in [3.05, 3.63) is 53.1 Å². The zero-order chi connectivity index (χ0) is 20.9. The van der Waals surface area contributed by atoms with E-state index in [-0.39, 0.29) is 23.6 Å². The van der Waals surface area contributed by atoms with Gasteiger partial charge in [0.25, 0.3) is 0 Å². The number of carbonyl (C=O) groups excluding carboxylic acids is 1. The lowest BCUT2D eigenvalue weighted by Crippen LogP contribution is -2.40. The number of hydrogen-bond donors (Lipinski definition) is 2. The van der Waals surface area contributed by atoms with Gasteiger partial charge < -0.3 is 19.8 Å². The van der Waals surface area contributed by atoms with Crippen LogP contribution in [0.4, 0.5) is 0 Å². The molecule has 1 aliphatic rings. The van der Waals surface area contributed by atoms with Gasteiger partial charge in [0.05, 0.1) is 18.5 Å². The number of rotatable bonds is 3. The minimum Gasteiger partial charge on any atom is -0.508 e. The number of phenolic OH excluding ortho intramolecular Hbond substituents is 2. The van der Waals surface area contributed by atoms with Gasteiger partial charge in [-0.25, -0.2) is 0 Å². The number of methoxy groups -OCH3 is 1. The fraction of sp³-hybridized carbons (Fsp3) is 0.292. The number of aryl methyl sites for hydroxylation is 1. The summed E-state index contributed by atoms with van der Waals surface area (Å²) in [5.74, 6) is 0.997. The topological polar surface area (TPSA) is 70.0 Å². The second-order valence-corrected chi connectivity index (χ2v) is 7.78. The van der Waals surface area contributed by atoms with Crippen LogP contribution in [0.1, 0.15) is 36.6 Å². The molecule has 3 aromatic carbocycles. The molecule has 0 saturated heterocycles. The van der Waals surface area contributed by atoms with Crippen molar-refractivity contribution in [3.8, 4) is 28.4 Å². The predicted octanol–water partition coefficient (Wildman–Crippen LogP) is 4.70. The van der Waals surface area contributed by atoms with E-state index in [1.54, 1.807) is 24.1 Å². The summed E-state index contributed by atoms with van der Waals surface area (Å²) in [6.07, 6.45) is 1.50. The Morgan fingerprint density at radius 1 is 1.14 bits per heavy atom. The number of hydrogen-bond acceptors (Lipinski definition) is 4. The van der Waals surface area contributed by atoms with Crippen molar-refractivity contribution in [3.63, 3.8) is 0 Å². The number of fused-ring (bicyclic) bond motifs is 2. The van der Waals surface area contributed by atoms with Crippen molar-refractivity contribution in [2.45, 2.75) is 39.3 Å². The summed E-state index contributed by atoms with van der Waals surface area (Å²) in [7, 11) is 1.60. The van der Waals surface area contributed by atoms with Gasteiger partial charge in [-0.3, -0.25) is 4.79 Å². The predicted molar refractivity (Wildman–Crippen MR) is 113 cm³/mol. The molecule has 1 heterocycles. The van der Waals surface area contributed by atoms with Gasteiger partial charge >= 0.3 is 0 Å². The van der Waals surface area contributed by atoms with Crippen LogP contribution in [-0.2, 0) is 11.2 Å². The third-order valence-electron chi connectivity index (χ3n) is 6.12. The van der Waals surface area contributed by atoms with Crippen LogP contribution in [0.15, 0.2) is 36.4 Å². The Kier molecular flexibility index (Phi) is 4.61. The average molecular weight is 391 g/mol. The second kappa shape index (κ2) is 6.99. The third-order valence-corrected chi connectivity index (χ3v) is 6.12. The van der Waals surface area contributed by atoms with Crippen LogP contribution in [0.3, 0.4) is 0 Å². The van der Waals surface area contributed by atoms with Crippen LogP contribution >= 0.6 is 0 Å². The van der Waals surface area contributed by atoms with E-state index in [1.807, 2.05) is 45.0 Å². The van der Waals surface area contributed by atoms with E-state index >= 15 is 0 Å². The largest absolute Gasteiger partial charge is 0.508 e. The molecule has 5 heteroatoms. The van der Waals surface area contributed by atoms with Gasteiger partial charge in [0.15, 0.2) is 0 Å². The van der Waals surface area contributed by atoms with Crippen molar-refractivity contribution in [2.75, 3.05) is 7.11 Å². The molecule has 0 unspecified atom stereocenters. The van der Waals surface area contributed by atoms with Crippen LogP contribution in [-0.4, -0.2) is 34.7 Å². The quantitative estimate of drug-likeness (QED) is 0.635. The Morgan fingerprint density at radius 3 is 2.59 bits per heavy atom. The van der Waals surface area contributed by atoms with Crippen LogP contribution in [0.2, 0.25) is 0 Å². The van der Waals surface area contributed by atoms with E-state index in [4.69, 9.17) is 4.74 Å². The van der Waals surface area contributed by atoms with Crippen LogP contribution < -0.4 is 4.74 Å². The Hall–Kier alpha value is -3.21. The first-order valence-electron chi connectivity index (χ1n) is 9.76. The SMILES string of the molecule is COc1cc(C)c(-c2ccc(O)c3c2C[C@@H](C)N(C=O)[C@@H]3C)c2cccc(O)c12. The van der Waals surface area contributed by atoms with E-state index in [2.05, 4.69) is 0 Å². The lowest BCUT2D eigenvalue weighted by molar-refractivity contribution is -0.122. The summed E-state index contributed by atoms with van der Waals surface area (Å²) in [5, 5.41) is 22.7. The number of aromatic hydroxyl groups is 2. The number of amides is 1. The summed E-state index contributed by atoms with van der Waals surface area (Å²) in [4.78, 5) is 13.3. The van der Waals surface area contributed by atoms with Crippen molar-refractivity contribution in [1.82, 2.24) is 4.90 Å². The first-order chi connectivity index (χ1) is 13.9. The molecule has 3 aromatic rings. The summed E-state index contributed by atoms with van der Waals surface area (Å²) in [5.41, 5.74) is 4.87. The molecule has 4 rings (SSSR count). The molecule has 2 atom stereocenters. The molecule has 150 valence electrons. The smallest absolute Gasteiger partial charge is 0.210 e. The molecular weight excluding hydrogens is 366 g/mol. The van der Waals surface area contributed by atoms with Gasteiger partial charge in [0, 0.05) is 11.6 Å². The molecule has 1 aliphatic heterocycles. The Labute approximate surface area is 170 Å². The standard InChI is InChI=1S/C24H25NO4/c1-13-10-21(29-4)24-17(6-5-7-19(24)27)22(13)16-8-9-20(28)23-15(3)25(12-26)14(2)11-18(16)23/h5-10,12,14-15,27-28H,11H2,1-4H3/t14-,15-/m1/s1. The normalized spacial score (nSPS) is 18.6. The maximum Gasteiger partial charge on any atom is 0.210 e. The summed E-state index contributed by atoms with van der Waals surface area (Å²) < 4.78 is 5.53. The number of ether oxygens (including phenoxy) is 1. The van der Waals surface area contributed by atoms with Gasteiger partial charge in [-0.15, -0.1) is 0 Å². The number of phenols is 2. The molecule has 0 radical (unpaired) electrons. The van der Waals surface area contributed by atoms with Gasteiger partial charge in [0.2, 0.25) is 6.41 Å². The van der Waals surface area contributed by atoms with Crippen LogP contribution in [0, 0.1) is 6.92 Å². The zero-order valence-electron chi connectivity index (χ0n) is 17.1. The van der Waals surface area contributed by atoms with Crippen molar-refractivity contribution in [2.24, 2.45) is 0 Å². The fourth-order valence-electron chi connectivity index (χ4n) is 4.78. The molecule has 29 heavy (non-hydrogen) atoms. The number of nitrogens with zero attached hydrogens (tertiary/aromatic N) is 1. The minimum atomic E-state index is -0.218. The highest BCUT2D eigenvalue weighted by molar-refractivity contribution is 6.05. The monoisotopic (exact) mass is 391 g/mol. The molecule has 0 fully saturated rings.